The van der Waals surface area contributed by atoms with Gasteiger partial charge in [-0.05, 0) is 36.7 Å². The second-order valence-corrected chi connectivity index (χ2v) is 5.85. The van der Waals surface area contributed by atoms with Gasteiger partial charge in [-0.15, -0.1) is 11.3 Å². The topological polar surface area (TPSA) is 21.3 Å². The van der Waals surface area contributed by atoms with Gasteiger partial charge in [-0.1, -0.05) is 28.1 Å². The van der Waals surface area contributed by atoms with Gasteiger partial charge in [0.15, 0.2) is 0 Å². The van der Waals surface area contributed by atoms with Gasteiger partial charge >= 0.3 is 0 Å². The SMILES string of the molecule is CNC(CCOc1cccc(Br)c1)c1cccs1. The predicted octanol–water partition coefficient (Wildman–Crippen LogP) is 4.24. The fourth-order valence-electron chi connectivity index (χ4n) is 1.77. The molecule has 2 rings (SSSR count). The lowest BCUT2D eigenvalue weighted by atomic mass is 10.2. The molecule has 0 aliphatic rings. The van der Waals surface area contributed by atoms with E-state index in [-0.39, 0.29) is 0 Å². The lowest BCUT2D eigenvalue weighted by Gasteiger charge is -2.15. The quantitative estimate of drug-likeness (QED) is 0.857. The van der Waals surface area contributed by atoms with Gasteiger partial charge in [0.2, 0.25) is 0 Å². The van der Waals surface area contributed by atoms with Gasteiger partial charge in [0.25, 0.3) is 0 Å². The molecule has 1 aromatic carbocycles. The maximum Gasteiger partial charge on any atom is 0.120 e. The number of hydrogen-bond donors (Lipinski definition) is 1. The van der Waals surface area contributed by atoms with Gasteiger partial charge in [0.1, 0.15) is 5.75 Å². The molecule has 0 spiro atoms. The molecule has 0 aliphatic heterocycles. The van der Waals surface area contributed by atoms with Gasteiger partial charge in [0.05, 0.1) is 6.61 Å². The second-order valence-electron chi connectivity index (χ2n) is 3.95. The highest BCUT2D eigenvalue weighted by Gasteiger charge is 2.09. The molecule has 4 heteroatoms. The zero-order valence-corrected chi connectivity index (χ0v) is 12.6. The van der Waals surface area contributed by atoms with Crippen molar-refractivity contribution in [2.45, 2.75) is 12.5 Å². The lowest BCUT2D eigenvalue weighted by molar-refractivity contribution is 0.291. The predicted molar refractivity (Wildman–Crippen MR) is 80.4 cm³/mol. The van der Waals surface area contributed by atoms with E-state index in [9.17, 15) is 0 Å². The summed E-state index contributed by atoms with van der Waals surface area (Å²) in [5.41, 5.74) is 0. The van der Waals surface area contributed by atoms with Crippen molar-refractivity contribution >= 4 is 27.3 Å². The monoisotopic (exact) mass is 325 g/mol. The molecule has 0 saturated heterocycles. The molecule has 96 valence electrons. The van der Waals surface area contributed by atoms with Crippen molar-refractivity contribution < 1.29 is 4.74 Å². The molecule has 0 saturated carbocycles. The Balaban J connectivity index is 1.84. The minimum absolute atomic E-state index is 0.372. The average molecular weight is 326 g/mol. The first-order valence-electron chi connectivity index (χ1n) is 5.88. The van der Waals surface area contributed by atoms with Gasteiger partial charge < -0.3 is 10.1 Å². The highest BCUT2D eigenvalue weighted by atomic mass is 79.9. The van der Waals surface area contributed by atoms with Crippen molar-refractivity contribution in [1.29, 1.82) is 0 Å². The Morgan fingerprint density at radius 1 is 1.33 bits per heavy atom. The van der Waals surface area contributed by atoms with Crippen molar-refractivity contribution in [3.63, 3.8) is 0 Å². The van der Waals surface area contributed by atoms with Crippen LogP contribution in [-0.2, 0) is 0 Å². The first-order chi connectivity index (χ1) is 8.79. The lowest BCUT2D eigenvalue weighted by Crippen LogP contribution is -2.18. The summed E-state index contributed by atoms with van der Waals surface area (Å²) in [5.74, 6) is 0.908. The largest absolute Gasteiger partial charge is 0.493 e. The maximum absolute atomic E-state index is 5.75. The van der Waals surface area contributed by atoms with Crippen LogP contribution in [0.1, 0.15) is 17.3 Å². The van der Waals surface area contributed by atoms with Crippen LogP contribution in [0.15, 0.2) is 46.3 Å². The van der Waals surface area contributed by atoms with E-state index < -0.39 is 0 Å². The summed E-state index contributed by atoms with van der Waals surface area (Å²) >= 11 is 5.22. The number of thiophene rings is 1. The van der Waals surface area contributed by atoms with Crippen LogP contribution in [0, 0.1) is 0 Å². The van der Waals surface area contributed by atoms with Crippen LogP contribution in [0.4, 0.5) is 0 Å². The Kier molecular flexibility index (Phi) is 5.23. The Labute approximate surface area is 120 Å². The number of benzene rings is 1. The molecule has 1 heterocycles. The molecular formula is C14H16BrNOS. The van der Waals surface area contributed by atoms with Crippen molar-refractivity contribution in [3.05, 3.63) is 51.1 Å². The number of ether oxygens (including phenoxy) is 1. The molecule has 0 bridgehead atoms. The number of rotatable bonds is 6. The van der Waals surface area contributed by atoms with Crippen LogP contribution in [0.25, 0.3) is 0 Å². The van der Waals surface area contributed by atoms with Crippen molar-refractivity contribution in [3.8, 4) is 5.75 Å². The van der Waals surface area contributed by atoms with Crippen molar-refractivity contribution in [2.75, 3.05) is 13.7 Å². The fourth-order valence-corrected chi connectivity index (χ4v) is 3.02. The first kappa shape index (κ1) is 13.6. The first-order valence-corrected chi connectivity index (χ1v) is 7.56. The van der Waals surface area contributed by atoms with Crippen molar-refractivity contribution in [1.82, 2.24) is 5.32 Å². The summed E-state index contributed by atoms with van der Waals surface area (Å²) < 4.78 is 6.80. The molecule has 0 radical (unpaired) electrons. The van der Waals surface area contributed by atoms with Crippen LogP contribution >= 0.6 is 27.3 Å². The zero-order valence-electron chi connectivity index (χ0n) is 10.2. The third-order valence-electron chi connectivity index (χ3n) is 2.71. The van der Waals surface area contributed by atoms with E-state index in [2.05, 4.69) is 38.8 Å². The molecule has 1 aromatic heterocycles. The highest BCUT2D eigenvalue weighted by molar-refractivity contribution is 9.10. The van der Waals surface area contributed by atoms with E-state index in [0.29, 0.717) is 12.6 Å². The third kappa shape index (κ3) is 3.83. The highest BCUT2D eigenvalue weighted by Crippen LogP contribution is 2.23. The molecule has 0 fully saturated rings. The molecule has 0 amide bonds. The Bertz CT molecular complexity index is 472. The maximum atomic E-state index is 5.75. The molecule has 18 heavy (non-hydrogen) atoms. The molecule has 1 N–H and O–H groups in total. The van der Waals surface area contributed by atoms with Crippen molar-refractivity contribution in [2.24, 2.45) is 0 Å². The molecule has 1 atom stereocenters. The van der Waals surface area contributed by atoms with Crippen LogP contribution in [0.3, 0.4) is 0 Å². The van der Waals surface area contributed by atoms with Crippen LogP contribution < -0.4 is 10.1 Å². The summed E-state index contributed by atoms with van der Waals surface area (Å²) in [7, 11) is 1.99. The minimum Gasteiger partial charge on any atom is -0.493 e. The summed E-state index contributed by atoms with van der Waals surface area (Å²) in [4.78, 5) is 1.36. The van der Waals surface area contributed by atoms with Gasteiger partial charge in [0, 0.05) is 21.8 Å². The van der Waals surface area contributed by atoms with E-state index in [1.807, 2.05) is 31.3 Å². The Morgan fingerprint density at radius 3 is 2.89 bits per heavy atom. The van der Waals surface area contributed by atoms with E-state index >= 15 is 0 Å². The normalized spacial score (nSPS) is 12.3. The van der Waals surface area contributed by atoms with Gasteiger partial charge in [-0.2, -0.15) is 0 Å². The molecular weight excluding hydrogens is 310 g/mol. The summed E-state index contributed by atoms with van der Waals surface area (Å²) in [5, 5.41) is 5.43. The second kappa shape index (κ2) is 6.92. The number of hydrogen-bond acceptors (Lipinski definition) is 3. The number of halogens is 1. The summed E-state index contributed by atoms with van der Waals surface area (Å²) in [6.45, 7) is 0.708. The Morgan fingerprint density at radius 2 is 2.22 bits per heavy atom. The van der Waals surface area contributed by atoms with E-state index in [4.69, 9.17) is 4.74 Å². The van der Waals surface area contributed by atoms with Crippen LogP contribution in [0.5, 0.6) is 5.75 Å². The summed E-state index contributed by atoms with van der Waals surface area (Å²) in [6.07, 6.45) is 0.962. The third-order valence-corrected chi connectivity index (χ3v) is 4.19. The van der Waals surface area contributed by atoms with E-state index in [1.165, 1.54) is 4.88 Å². The van der Waals surface area contributed by atoms with Crippen LogP contribution in [-0.4, -0.2) is 13.7 Å². The van der Waals surface area contributed by atoms with Gasteiger partial charge in [-0.3, -0.25) is 0 Å². The van der Waals surface area contributed by atoms with E-state index in [1.54, 1.807) is 11.3 Å². The molecule has 0 aliphatic carbocycles. The molecule has 1 unspecified atom stereocenters. The molecule has 2 aromatic rings. The zero-order chi connectivity index (χ0) is 12.8. The van der Waals surface area contributed by atoms with E-state index in [0.717, 1.165) is 16.6 Å². The fraction of sp³-hybridized carbons (Fsp3) is 0.286. The van der Waals surface area contributed by atoms with Crippen LogP contribution in [0.2, 0.25) is 0 Å². The Hall–Kier alpha value is -0.840. The van der Waals surface area contributed by atoms with Gasteiger partial charge in [-0.25, -0.2) is 0 Å². The number of nitrogens with one attached hydrogen (secondary N) is 1. The average Bonchev–Trinajstić information content (AvgIpc) is 2.88. The smallest absolute Gasteiger partial charge is 0.120 e. The molecule has 2 nitrogen and oxygen atoms in total. The minimum atomic E-state index is 0.372. The standard InChI is InChI=1S/C14H16BrNOS/c1-16-13(14-6-3-9-18-14)7-8-17-12-5-2-4-11(15)10-12/h2-6,9-10,13,16H,7-8H2,1H3. The summed E-state index contributed by atoms with van der Waals surface area (Å²) in [6, 6.07) is 12.6.